The van der Waals surface area contributed by atoms with Crippen molar-refractivity contribution in [1.82, 2.24) is 10.2 Å². The molecule has 0 aromatic carbocycles. The minimum Gasteiger partial charge on any atom is -0.294 e. The third kappa shape index (κ3) is 2.70. The van der Waals surface area contributed by atoms with E-state index in [1.54, 1.807) is 23.6 Å². The number of rotatable bonds is 4. The molecule has 0 atom stereocenters. The van der Waals surface area contributed by atoms with Gasteiger partial charge in [0.25, 0.3) is 0 Å². The van der Waals surface area contributed by atoms with Crippen molar-refractivity contribution in [2.45, 2.75) is 12.8 Å². The van der Waals surface area contributed by atoms with Gasteiger partial charge in [-0.05, 0) is 23.9 Å². The summed E-state index contributed by atoms with van der Waals surface area (Å²) in [5.41, 5.74) is 0.640. The molecule has 3 nitrogen and oxygen atoms in total. The highest BCUT2D eigenvalue weighted by Gasteiger charge is 2.06. The summed E-state index contributed by atoms with van der Waals surface area (Å²) in [6.07, 6.45) is 4.39. The number of carbonyl (C=O) groups excluding carboxylic acids is 1. The van der Waals surface area contributed by atoms with Crippen LogP contribution in [0.5, 0.6) is 0 Å². The molecular formula is C11H10N2OS. The first kappa shape index (κ1) is 9.98. The van der Waals surface area contributed by atoms with Gasteiger partial charge in [-0.2, -0.15) is 10.2 Å². The molecule has 0 aliphatic heterocycles. The van der Waals surface area contributed by atoms with Gasteiger partial charge >= 0.3 is 0 Å². The molecule has 0 aliphatic carbocycles. The highest BCUT2D eigenvalue weighted by atomic mass is 32.1. The van der Waals surface area contributed by atoms with Gasteiger partial charge in [0.2, 0.25) is 0 Å². The van der Waals surface area contributed by atoms with Crippen molar-refractivity contribution in [3.8, 4) is 0 Å². The molecule has 2 rings (SSSR count). The summed E-state index contributed by atoms with van der Waals surface area (Å²) in [5, 5.41) is 9.34. The molecule has 2 aromatic rings. The van der Waals surface area contributed by atoms with E-state index in [0.29, 0.717) is 12.0 Å². The third-order valence-electron chi connectivity index (χ3n) is 2.08. The van der Waals surface area contributed by atoms with Gasteiger partial charge in [0.1, 0.15) is 0 Å². The lowest BCUT2D eigenvalue weighted by molar-refractivity contribution is 0.0982. The van der Waals surface area contributed by atoms with E-state index in [0.717, 1.165) is 6.42 Å². The summed E-state index contributed by atoms with van der Waals surface area (Å²) < 4.78 is 0. The van der Waals surface area contributed by atoms with E-state index in [9.17, 15) is 4.79 Å². The number of hydrogen-bond acceptors (Lipinski definition) is 4. The topological polar surface area (TPSA) is 42.9 Å². The Morgan fingerprint density at radius 1 is 1.33 bits per heavy atom. The lowest BCUT2D eigenvalue weighted by Gasteiger charge is -1.97. The number of aromatic nitrogens is 2. The fraction of sp³-hybridized carbons (Fsp3) is 0.182. The summed E-state index contributed by atoms with van der Waals surface area (Å²) >= 11 is 1.68. The first-order valence-electron chi connectivity index (χ1n) is 4.68. The lowest BCUT2D eigenvalue weighted by atomic mass is 10.1. The Balaban J connectivity index is 1.94. The van der Waals surface area contributed by atoms with Crippen molar-refractivity contribution in [1.29, 1.82) is 0 Å². The van der Waals surface area contributed by atoms with Crippen LogP contribution in [0.3, 0.4) is 0 Å². The van der Waals surface area contributed by atoms with Crippen LogP contribution in [0.15, 0.2) is 36.0 Å². The number of carbonyl (C=O) groups is 1. The van der Waals surface area contributed by atoms with E-state index in [2.05, 4.69) is 10.2 Å². The second kappa shape index (κ2) is 4.79. The SMILES string of the molecule is O=C(CCc1cccs1)c1ccnnc1. The highest BCUT2D eigenvalue weighted by molar-refractivity contribution is 7.09. The van der Waals surface area contributed by atoms with E-state index in [1.807, 2.05) is 17.5 Å². The quantitative estimate of drug-likeness (QED) is 0.740. The molecule has 0 spiro atoms. The van der Waals surface area contributed by atoms with Gasteiger partial charge in [-0.3, -0.25) is 4.79 Å². The Morgan fingerprint density at radius 2 is 2.27 bits per heavy atom. The van der Waals surface area contributed by atoms with Crippen LogP contribution in [0, 0.1) is 0 Å². The number of aryl methyl sites for hydroxylation is 1. The van der Waals surface area contributed by atoms with Crippen molar-refractivity contribution in [2.24, 2.45) is 0 Å². The van der Waals surface area contributed by atoms with Gasteiger partial charge in [-0.1, -0.05) is 6.07 Å². The maximum atomic E-state index is 11.7. The molecule has 2 aromatic heterocycles. The molecule has 0 aliphatic rings. The van der Waals surface area contributed by atoms with Crippen molar-refractivity contribution >= 4 is 17.1 Å². The van der Waals surface area contributed by atoms with Crippen LogP contribution in [-0.4, -0.2) is 16.0 Å². The van der Waals surface area contributed by atoms with Crippen molar-refractivity contribution in [3.63, 3.8) is 0 Å². The van der Waals surface area contributed by atoms with Gasteiger partial charge in [0.05, 0.1) is 12.4 Å². The number of nitrogens with zero attached hydrogens (tertiary/aromatic N) is 2. The molecule has 0 saturated carbocycles. The summed E-state index contributed by atoms with van der Waals surface area (Å²) in [4.78, 5) is 12.9. The van der Waals surface area contributed by atoms with Crippen LogP contribution in [0.4, 0.5) is 0 Å². The van der Waals surface area contributed by atoms with Gasteiger partial charge in [0, 0.05) is 16.9 Å². The fourth-order valence-electron chi connectivity index (χ4n) is 1.29. The largest absolute Gasteiger partial charge is 0.294 e. The summed E-state index contributed by atoms with van der Waals surface area (Å²) in [7, 11) is 0. The van der Waals surface area contributed by atoms with Crippen molar-refractivity contribution in [2.75, 3.05) is 0 Å². The average molecular weight is 218 g/mol. The molecule has 0 amide bonds. The van der Waals surface area contributed by atoms with E-state index in [1.165, 1.54) is 11.1 Å². The first-order chi connectivity index (χ1) is 7.36. The summed E-state index contributed by atoms with van der Waals surface area (Å²) in [5.74, 6) is 0.123. The van der Waals surface area contributed by atoms with Crippen molar-refractivity contribution in [3.05, 3.63) is 46.4 Å². The zero-order valence-electron chi connectivity index (χ0n) is 8.09. The van der Waals surface area contributed by atoms with Crippen LogP contribution >= 0.6 is 11.3 Å². The molecule has 0 N–H and O–H groups in total. The van der Waals surface area contributed by atoms with E-state index in [-0.39, 0.29) is 5.78 Å². The zero-order valence-corrected chi connectivity index (χ0v) is 8.91. The monoisotopic (exact) mass is 218 g/mol. The average Bonchev–Trinajstić information content (AvgIpc) is 2.80. The number of thiophene rings is 1. The Hall–Kier alpha value is -1.55. The Bertz CT molecular complexity index is 425. The summed E-state index contributed by atoms with van der Waals surface area (Å²) in [6, 6.07) is 5.74. The minimum absolute atomic E-state index is 0.123. The number of Topliss-reactive ketones (excluding diaryl/α,β-unsaturated/α-hetero) is 1. The highest BCUT2D eigenvalue weighted by Crippen LogP contribution is 2.12. The normalized spacial score (nSPS) is 10.1. The molecule has 0 saturated heterocycles. The minimum atomic E-state index is 0.123. The molecule has 2 heterocycles. The lowest BCUT2D eigenvalue weighted by Crippen LogP contribution is -2.01. The van der Waals surface area contributed by atoms with Gasteiger partial charge < -0.3 is 0 Å². The molecule has 0 fully saturated rings. The van der Waals surface area contributed by atoms with Gasteiger partial charge in [-0.25, -0.2) is 0 Å². The van der Waals surface area contributed by atoms with Crippen LogP contribution in [0.2, 0.25) is 0 Å². The Kier molecular flexibility index (Phi) is 3.19. The second-order valence-electron chi connectivity index (χ2n) is 3.13. The van der Waals surface area contributed by atoms with E-state index >= 15 is 0 Å². The summed E-state index contributed by atoms with van der Waals surface area (Å²) in [6.45, 7) is 0. The zero-order chi connectivity index (χ0) is 10.5. The van der Waals surface area contributed by atoms with E-state index in [4.69, 9.17) is 0 Å². The van der Waals surface area contributed by atoms with Crippen LogP contribution in [0.1, 0.15) is 21.7 Å². The number of hydrogen-bond donors (Lipinski definition) is 0. The predicted molar refractivity (Wildman–Crippen MR) is 59.0 cm³/mol. The Labute approximate surface area is 91.8 Å². The Morgan fingerprint density at radius 3 is 2.93 bits per heavy atom. The predicted octanol–water partition coefficient (Wildman–Crippen LogP) is 2.35. The van der Waals surface area contributed by atoms with Crippen LogP contribution in [0.25, 0.3) is 0 Å². The fourth-order valence-corrected chi connectivity index (χ4v) is 2.00. The maximum absolute atomic E-state index is 11.7. The standard InChI is InChI=1S/C11H10N2OS/c14-11(9-5-6-12-13-8-9)4-3-10-2-1-7-15-10/h1-2,5-8H,3-4H2. The molecule has 4 heteroatoms. The van der Waals surface area contributed by atoms with Crippen LogP contribution in [-0.2, 0) is 6.42 Å². The second-order valence-corrected chi connectivity index (χ2v) is 4.17. The van der Waals surface area contributed by atoms with E-state index < -0.39 is 0 Å². The van der Waals surface area contributed by atoms with Crippen LogP contribution < -0.4 is 0 Å². The molecule has 0 unspecified atom stereocenters. The van der Waals surface area contributed by atoms with Gasteiger partial charge in [-0.15, -0.1) is 11.3 Å². The molecule has 15 heavy (non-hydrogen) atoms. The molecule has 0 bridgehead atoms. The maximum Gasteiger partial charge on any atom is 0.164 e. The molecular weight excluding hydrogens is 208 g/mol. The third-order valence-corrected chi connectivity index (χ3v) is 3.02. The number of ketones is 1. The smallest absolute Gasteiger partial charge is 0.164 e. The first-order valence-corrected chi connectivity index (χ1v) is 5.56. The molecule has 0 radical (unpaired) electrons. The molecule has 76 valence electrons. The van der Waals surface area contributed by atoms with Gasteiger partial charge in [0.15, 0.2) is 5.78 Å². The van der Waals surface area contributed by atoms with Crippen molar-refractivity contribution < 1.29 is 4.79 Å².